The highest BCUT2D eigenvalue weighted by Crippen LogP contribution is 2.32. The third-order valence-corrected chi connectivity index (χ3v) is 5.47. The molecule has 0 bridgehead atoms. The van der Waals surface area contributed by atoms with E-state index in [1.165, 1.54) is 5.56 Å². The normalized spacial score (nSPS) is 24.0. The lowest BCUT2D eigenvalue weighted by Crippen LogP contribution is -2.52. The zero-order valence-corrected chi connectivity index (χ0v) is 15.9. The van der Waals surface area contributed by atoms with Gasteiger partial charge in [0.25, 0.3) is 0 Å². The van der Waals surface area contributed by atoms with Gasteiger partial charge < -0.3 is 19.9 Å². The molecule has 1 aromatic carbocycles. The molecule has 23 heavy (non-hydrogen) atoms. The number of aliphatic hydroxyl groups is 1. The van der Waals surface area contributed by atoms with Crippen molar-refractivity contribution in [1.82, 2.24) is 5.32 Å². The number of halogens is 1. The van der Waals surface area contributed by atoms with E-state index in [-0.39, 0.29) is 6.04 Å². The molecule has 1 saturated carbocycles. The van der Waals surface area contributed by atoms with E-state index < -0.39 is 5.60 Å². The van der Waals surface area contributed by atoms with Crippen molar-refractivity contribution in [3.8, 4) is 23.8 Å². The molecule has 0 aromatic heterocycles. The summed E-state index contributed by atoms with van der Waals surface area (Å²) < 4.78 is 11.8. The maximum absolute atomic E-state index is 10.5. The van der Waals surface area contributed by atoms with E-state index in [9.17, 15) is 5.11 Å². The minimum atomic E-state index is -1.01. The largest absolute Gasteiger partial charge is 0.493 e. The second-order valence-corrected chi connectivity index (χ2v) is 7.03. The number of methoxy groups -OCH3 is 2. The first-order valence-electron chi connectivity index (χ1n) is 7.88. The Bertz CT molecular complexity index is 584. The first-order chi connectivity index (χ1) is 11.0. The van der Waals surface area contributed by atoms with Gasteiger partial charge in [-0.15, -0.1) is 6.42 Å². The summed E-state index contributed by atoms with van der Waals surface area (Å²) in [6, 6.07) is 3.96. The van der Waals surface area contributed by atoms with E-state index in [1.54, 1.807) is 14.2 Å². The Morgan fingerprint density at radius 3 is 2.70 bits per heavy atom. The zero-order valence-electron chi connectivity index (χ0n) is 13.7. The molecule has 0 amide bonds. The lowest BCUT2D eigenvalue weighted by molar-refractivity contribution is 0.0265. The van der Waals surface area contributed by atoms with Gasteiger partial charge in [-0.25, -0.2) is 0 Å². The predicted molar refractivity (Wildman–Crippen MR) is 100 cm³/mol. The first-order valence-corrected chi connectivity index (χ1v) is 8.96. The summed E-state index contributed by atoms with van der Waals surface area (Å²) in [5, 5.41) is 13.9. The van der Waals surface area contributed by atoms with Crippen molar-refractivity contribution in [2.24, 2.45) is 0 Å². The average molecular weight is 429 g/mol. The molecular weight excluding hydrogens is 405 g/mol. The van der Waals surface area contributed by atoms with Crippen molar-refractivity contribution < 1.29 is 14.6 Å². The van der Waals surface area contributed by atoms with Crippen molar-refractivity contribution in [3.63, 3.8) is 0 Å². The molecule has 1 aromatic rings. The molecule has 0 saturated heterocycles. The van der Waals surface area contributed by atoms with E-state index in [0.717, 1.165) is 47.3 Å². The molecular formula is C18H24INO3. The fourth-order valence-electron chi connectivity index (χ4n) is 3.07. The van der Waals surface area contributed by atoms with Gasteiger partial charge in [-0.05, 0) is 72.5 Å². The summed E-state index contributed by atoms with van der Waals surface area (Å²) in [6.45, 7) is 0.764. The van der Waals surface area contributed by atoms with E-state index in [0.29, 0.717) is 6.42 Å². The van der Waals surface area contributed by atoms with Crippen LogP contribution in [0.1, 0.15) is 31.2 Å². The number of hydrogen-bond donors (Lipinski definition) is 2. The van der Waals surface area contributed by atoms with Crippen molar-refractivity contribution >= 4 is 22.6 Å². The summed E-state index contributed by atoms with van der Waals surface area (Å²) in [6.07, 6.45) is 10.1. The molecule has 5 heteroatoms. The first kappa shape index (κ1) is 18.4. The number of rotatable bonds is 6. The van der Waals surface area contributed by atoms with Crippen molar-refractivity contribution in [3.05, 3.63) is 21.3 Å². The van der Waals surface area contributed by atoms with E-state index in [4.69, 9.17) is 15.9 Å². The lowest BCUT2D eigenvalue weighted by atomic mass is 9.81. The van der Waals surface area contributed by atoms with Gasteiger partial charge in [0.2, 0.25) is 0 Å². The van der Waals surface area contributed by atoms with Crippen molar-refractivity contribution in [2.75, 3.05) is 20.8 Å². The van der Waals surface area contributed by atoms with Crippen LogP contribution in [-0.2, 0) is 6.42 Å². The van der Waals surface area contributed by atoms with Gasteiger partial charge in [0.05, 0.1) is 14.2 Å². The number of nitrogens with one attached hydrogen (secondary N) is 1. The molecule has 2 rings (SSSR count). The van der Waals surface area contributed by atoms with Crippen LogP contribution in [0.4, 0.5) is 0 Å². The van der Waals surface area contributed by atoms with Gasteiger partial charge in [-0.3, -0.25) is 0 Å². The minimum Gasteiger partial charge on any atom is -0.493 e. The molecule has 2 atom stereocenters. The van der Waals surface area contributed by atoms with Gasteiger partial charge in [-0.1, -0.05) is 12.3 Å². The van der Waals surface area contributed by atoms with Crippen LogP contribution in [0.2, 0.25) is 0 Å². The second-order valence-electron chi connectivity index (χ2n) is 5.87. The van der Waals surface area contributed by atoms with Crippen LogP contribution < -0.4 is 14.8 Å². The highest BCUT2D eigenvalue weighted by atomic mass is 127. The Hall–Kier alpha value is -0.970. The SMILES string of the molecule is C#C[C@]1(O)CCCC[C@@H]1NCCc1cc(OC)c(OC)cc1I. The number of ether oxygens (including phenoxy) is 2. The Morgan fingerprint density at radius 2 is 2.04 bits per heavy atom. The fraction of sp³-hybridized carbons (Fsp3) is 0.556. The fourth-order valence-corrected chi connectivity index (χ4v) is 3.78. The molecule has 0 aliphatic heterocycles. The second kappa shape index (κ2) is 8.22. The number of terminal acetylenes is 1. The van der Waals surface area contributed by atoms with E-state index in [1.807, 2.05) is 12.1 Å². The molecule has 1 aliphatic rings. The molecule has 4 nitrogen and oxygen atoms in total. The highest BCUT2D eigenvalue weighted by molar-refractivity contribution is 14.1. The summed E-state index contributed by atoms with van der Waals surface area (Å²) in [5.41, 5.74) is 0.180. The number of hydrogen-bond acceptors (Lipinski definition) is 4. The van der Waals surface area contributed by atoms with E-state index in [2.05, 4.69) is 33.8 Å². The van der Waals surface area contributed by atoms with Gasteiger partial charge in [0.1, 0.15) is 5.60 Å². The number of benzene rings is 1. The Kier molecular flexibility index (Phi) is 6.57. The third-order valence-electron chi connectivity index (χ3n) is 4.46. The van der Waals surface area contributed by atoms with Gasteiger partial charge in [0.15, 0.2) is 11.5 Å². The van der Waals surface area contributed by atoms with Gasteiger partial charge >= 0.3 is 0 Å². The zero-order chi connectivity index (χ0) is 16.9. The topological polar surface area (TPSA) is 50.7 Å². The minimum absolute atomic E-state index is 0.0287. The Labute approximate surface area is 152 Å². The molecule has 0 spiro atoms. The summed E-state index contributed by atoms with van der Waals surface area (Å²) >= 11 is 2.31. The quantitative estimate of drug-likeness (QED) is 0.540. The van der Waals surface area contributed by atoms with Crippen molar-refractivity contribution in [2.45, 2.75) is 43.7 Å². The molecule has 1 aliphatic carbocycles. The van der Waals surface area contributed by atoms with Crippen LogP contribution >= 0.6 is 22.6 Å². The maximum Gasteiger partial charge on any atom is 0.161 e. The summed E-state index contributed by atoms with van der Waals surface area (Å²) in [4.78, 5) is 0. The van der Waals surface area contributed by atoms with Crippen molar-refractivity contribution in [1.29, 1.82) is 0 Å². The van der Waals surface area contributed by atoms with Crippen LogP contribution in [0.25, 0.3) is 0 Å². The monoisotopic (exact) mass is 429 g/mol. The standard InChI is InChI=1S/C18H24INO3/c1-4-18(21)9-6-5-7-17(18)20-10-8-13-11-15(22-2)16(23-3)12-14(13)19/h1,11-12,17,20-21H,5-10H2,2-3H3/t17-,18-/m0/s1. The van der Waals surface area contributed by atoms with Crippen LogP contribution in [0.15, 0.2) is 12.1 Å². The molecule has 0 unspecified atom stereocenters. The van der Waals surface area contributed by atoms with E-state index >= 15 is 0 Å². The van der Waals surface area contributed by atoms with Crippen LogP contribution in [0.5, 0.6) is 11.5 Å². The van der Waals surface area contributed by atoms with Gasteiger partial charge in [-0.2, -0.15) is 0 Å². The van der Waals surface area contributed by atoms with Crippen LogP contribution in [-0.4, -0.2) is 37.5 Å². The van der Waals surface area contributed by atoms with Gasteiger partial charge in [0, 0.05) is 9.61 Å². The molecule has 2 N–H and O–H groups in total. The summed E-state index contributed by atoms with van der Waals surface area (Å²) in [5.74, 6) is 4.05. The smallest absolute Gasteiger partial charge is 0.161 e. The molecule has 0 radical (unpaired) electrons. The van der Waals surface area contributed by atoms with Crippen LogP contribution in [0.3, 0.4) is 0 Å². The molecule has 1 fully saturated rings. The predicted octanol–water partition coefficient (Wildman–Crippen LogP) is 2.75. The molecule has 0 heterocycles. The summed E-state index contributed by atoms with van der Waals surface area (Å²) in [7, 11) is 3.28. The molecule has 126 valence electrons. The average Bonchev–Trinajstić information content (AvgIpc) is 2.57. The lowest BCUT2D eigenvalue weighted by Gasteiger charge is -2.36. The Balaban J connectivity index is 2.00. The Morgan fingerprint density at radius 1 is 1.35 bits per heavy atom. The maximum atomic E-state index is 10.5. The third kappa shape index (κ3) is 4.31. The van der Waals surface area contributed by atoms with Crippen LogP contribution in [0, 0.1) is 15.9 Å². The highest BCUT2D eigenvalue weighted by Gasteiger charge is 2.36.